The van der Waals surface area contributed by atoms with Gasteiger partial charge in [-0.05, 0) is 19.8 Å². The Morgan fingerprint density at radius 1 is 1.26 bits per heavy atom. The first-order chi connectivity index (χ1) is 8.61. The first kappa shape index (κ1) is 16.6. The average molecular weight is 308 g/mol. The van der Waals surface area contributed by atoms with E-state index in [-0.39, 0.29) is 30.3 Å². The molecule has 0 bridgehead atoms. The van der Waals surface area contributed by atoms with Crippen molar-refractivity contribution in [1.29, 1.82) is 0 Å². The Labute approximate surface area is 124 Å². The predicted octanol–water partition coefficient (Wildman–Crippen LogP) is 0.322. The quantitative estimate of drug-likeness (QED) is 0.798. The van der Waals surface area contributed by atoms with Gasteiger partial charge in [0.05, 0.1) is 6.04 Å². The number of nitrogens with zero attached hydrogens (tertiary/aromatic N) is 2. The second-order valence-corrected chi connectivity index (χ2v) is 6.14. The van der Waals surface area contributed by atoms with Crippen molar-refractivity contribution >= 4 is 36.0 Å². The lowest BCUT2D eigenvalue weighted by Crippen LogP contribution is -2.52. The summed E-state index contributed by atoms with van der Waals surface area (Å²) in [5.41, 5.74) is 5.64. The van der Waals surface area contributed by atoms with E-state index >= 15 is 0 Å². The maximum atomic E-state index is 12.4. The molecule has 2 N–H and O–H groups in total. The minimum absolute atomic E-state index is 0. The van der Waals surface area contributed by atoms with Gasteiger partial charge in [0.1, 0.15) is 6.04 Å². The van der Waals surface area contributed by atoms with Crippen molar-refractivity contribution < 1.29 is 9.59 Å². The van der Waals surface area contributed by atoms with Crippen LogP contribution in [-0.4, -0.2) is 64.8 Å². The third-order valence-corrected chi connectivity index (χ3v) is 4.48. The molecule has 110 valence electrons. The van der Waals surface area contributed by atoms with Crippen LogP contribution in [0, 0.1) is 0 Å². The molecule has 2 amide bonds. The van der Waals surface area contributed by atoms with Crippen LogP contribution in [0.4, 0.5) is 0 Å². The summed E-state index contributed by atoms with van der Waals surface area (Å²) < 4.78 is 0. The number of carbonyl (C=O) groups excluding carboxylic acids is 2. The normalized spacial score (nSPS) is 24.8. The lowest BCUT2D eigenvalue weighted by Gasteiger charge is -2.33. The molecule has 2 aliphatic heterocycles. The van der Waals surface area contributed by atoms with E-state index in [0.29, 0.717) is 6.54 Å². The topological polar surface area (TPSA) is 66.6 Å². The van der Waals surface area contributed by atoms with Gasteiger partial charge in [-0.1, -0.05) is 0 Å². The van der Waals surface area contributed by atoms with Gasteiger partial charge in [-0.15, -0.1) is 12.4 Å². The highest BCUT2D eigenvalue weighted by atomic mass is 35.5. The van der Waals surface area contributed by atoms with E-state index in [2.05, 4.69) is 0 Å². The molecule has 2 aliphatic rings. The number of likely N-dealkylation sites (tertiary alicyclic amines) is 1. The third-order valence-electron chi connectivity index (χ3n) is 3.53. The molecule has 0 aromatic heterocycles. The fourth-order valence-corrected chi connectivity index (χ4v) is 3.45. The highest BCUT2D eigenvalue weighted by molar-refractivity contribution is 7.99. The summed E-state index contributed by atoms with van der Waals surface area (Å²) in [5, 5.41) is 0. The molecular weight excluding hydrogens is 286 g/mol. The molecule has 0 aromatic rings. The smallest absolute Gasteiger partial charge is 0.245 e. The highest BCUT2D eigenvalue weighted by Gasteiger charge is 2.37. The zero-order valence-corrected chi connectivity index (χ0v) is 12.8. The van der Waals surface area contributed by atoms with Crippen molar-refractivity contribution in [3.05, 3.63) is 0 Å². The second-order valence-electron chi connectivity index (χ2n) is 4.92. The fraction of sp³-hybridized carbons (Fsp3) is 0.833. The summed E-state index contributed by atoms with van der Waals surface area (Å²) in [6.07, 6.45) is 1.68. The average Bonchev–Trinajstić information content (AvgIpc) is 2.87. The summed E-state index contributed by atoms with van der Waals surface area (Å²) in [6.45, 7) is 3.96. The SMILES string of the molecule is C[C@@H](N)C(=O)N1CCCC1C(=O)N1CCSCC1.Cl. The first-order valence-corrected chi connectivity index (χ1v) is 7.69. The van der Waals surface area contributed by atoms with Gasteiger partial charge in [0, 0.05) is 31.1 Å². The Morgan fingerprint density at radius 2 is 1.89 bits per heavy atom. The number of hydrogen-bond acceptors (Lipinski definition) is 4. The van der Waals surface area contributed by atoms with Crippen molar-refractivity contribution in [3.63, 3.8) is 0 Å². The number of halogens is 1. The number of hydrogen-bond donors (Lipinski definition) is 1. The summed E-state index contributed by atoms with van der Waals surface area (Å²) in [6, 6.07) is -0.790. The van der Waals surface area contributed by atoms with E-state index in [0.717, 1.165) is 37.4 Å². The van der Waals surface area contributed by atoms with Gasteiger partial charge < -0.3 is 15.5 Å². The zero-order valence-electron chi connectivity index (χ0n) is 11.2. The van der Waals surface area contributed by atoms with Crippen LogP contribution in [0.25, 0.3) is 0 Å². The second kappa shape index (κ2) is 7.36. The zero-order chi connectivity index (χ0) is 13.1. The number of carbonyl (C=O) groups is 2. The summed E-state index contributed by atoms with van der Waals surface area (Å²) in [7, 11) is 0. The molecule has 2 saturated heterocycles. The van der Waals surface area contributed by atoms with Gasteiger partial charge in [0.25, 0.3) is 0 Å². The number of amides is 2. The Hall–Kier alpha value is -0.460. The molecule has 0 aliphatic carbocycles. The summed E-state index contributed by atoms with van der Waals surface area (Å²) >= 11 is 1.88. The lowest BCUT2D eigenvalue weighted by atomic mass is 10.1. The largest absolute Gasteiger partial charge is 0.339 e. The minimum Gasteiger partial charge on any atom is -0.339 e. The number of thioether (sulfide) groups is 1. The van der Waals surface area contributed by atoms with Gasteiger partial charge in [0.2, 0.25) is 11.8 Å². The molecule has 0 saturated carbocycles. The van der Waals surface area contributed by atoms with Crippen LogP contribution >= 0.6 is 24.2 Å². The van der Waals surface area contributed by atoms with E-state index in [1.165, 1.54) is 0 Å². The number of rotatable bonds is 2. The molecule has 2 fully saturated rings. The van der Waals surface area contributed by atoms with Crippen molar-refractivity contribution in [1.82, 2.24) is 9.80 Å². The standard InChI is InChI=1S/C12H21N3O2S.ClH/c1-9(13)11(16)15-4-2-3-10(15)12(17)14-5-7-18-8-6-14;/h9-10H,2-8,13H2,1H3;1H/t9-,10?;/m1./s1. The summed E-state index contributed by atoms with van der Waals surface area (Å²) in [4.78, 5) is 28.0. The first-order valence-electron chi connectivity index (χ1n) is 6.54. The maximum absolute atomic E-state index is 12.4. The van der Waals surface area contributed by atoms with Crippen molar-refractivity contribution in [2.45, 2.75) is 31.8 Å². The maximum Gasteiger partial charge on any atom is 0.245 e. The van der Waals surface area contributed by atoms with Gasteiger partial charge >= 0.3 is 0 Å². The Kier molecular flexibility index (Phi) is 6.42. The fourth-order valence-electron chi connectivity index (χ4n) is 2.54. The minimum atomic E-state index is -0.518. The lowest BCUT2D eigenvalue weighted by molar-refractivity contribution is -0.144. The number of nitrogens with two attached hydrogens (primary N) is 1. The van der Waals surface area contributed by atoms with Gasteiger partial charge in [-0.2, -0.15) is 11.8 Å². The van der Waals surface area contributed by atoms with Crippen LogP contribution in [0.2, 0.25) is 0 Å². The Balaban J connectivity index is 0.00000180. The van der Waals surface area contributed by atoms with Gasteiger partial charge in [0.15, 0.2) is 0 Å². The molecule has 2 heterocycles. The van der Waals surface area contributed by atoms with E-state index in [9.17, 15) is 9.59 Å². The molecule has 5 nitrogen and oxygen atoms in total. The molecular formula is C12H22ClN3O2S. The van der Waals surface area contributed by atoms with Crippen LogP contribution in [0.1, 0.15) is 19.8 Å². The summed E-state index contributed by atoms with van der Waals surface area (Å²) in [5.74, 6) is 2.01. The highest BCUT2D eigenvalue weighted by Crippen LogP contribution is 2.21. The van der Waals surface area contributed by atoms with E-state index in [1.54, 1.807) is 11.8 Å². The van der Waals surface area contributed by atoms with Crippen molar-refractivity contribution in [2.24, 2.45) is 5.73 Å². The van der Waals surface area contributed by atoms with Gasteiger partial charge in [-0.3, -0.25) is 9.59 Å². The molecule has 2 atom stereocenters. The molecule has 0 spiro atoms. The third kappa shape index (κ3) is 3.77. The van der Waals surface area contributed by atoms with Crippen LogP contribution in [0.3, 0.4) is 0 Å². The van der Waals surface area contributed by atoms with Crippen LogP contribution in [0.5, 0.6) is 0 Å². The molecule has 2 rings (SSSR count). The predicted molar refractivity (Wildman–Crippen MR) is 79.5 cm³/mol. The molecule has 19 heavy (non-hydrogen) atoms. The van der Waals surface area contributed by atoms with E-state index in [4.69, 9.17) is 5.73 Å². The van der Waals surface area contributed by atoms with Crippen LogP contribution in [0.15, 0.2) is 0 Å². The monoisotopic (exact) mass is 307 g/mol. The van der Waals surface area contributed by atoms with Crippen molar-refractivity contribution in [3.8, 4) is 0 Å². The van der Waals surface area contributed by atoms with E-state index in [1.807, 2.05) is 16.7 Å². The van der Waals surface area contributed by atoms with Crippen LogP contribution < -0.4 is 5.73 Å². The van der Waals surface area contributed by atoms with Gasteiger partial charge in [-0.25, -0.2) is 0 Å². The molecule has 0 radical (unpaired) electrons. The Morgan fingerprint density at radius 3 is 2.47 bits per heavy atom. The van der Waals surface area contributed by atoms with Crippen molar-refractivity contribution in [2.75, 3.05) is 31.1 Å². The molecule has 0 aromatic carbocycles. The van der Waals surface area contributed by atoms with E-state index < -0.39 is 6.04 Å². The Bertz CT molecular complexity index is 335. The molecule has 1 unspecified atom stereocenters. The van der Waals surface area contributed by atoms with Crippen LogP contribution in [-0.2, 0) is 9.59 Å². The molecule has 7 heteroatoms.